The van der Waals surface area contributed by atoms with E-state index in [1.165, 1.54) is 0 Å². The molecule has 0 saturated carbocycles. The predicted molar refractivity (Wildman–Crippen MR) is 91.5 cm³/mol. The summed E-state index contributed by atoms with van der Waals surface area (Å²) in [5.74, 6) is -5.61. The van der Waals surface area contributed by atoms with Crippen molar-refractivity contribution in [1.29, 1.82) is 0 Å². The molecule has 0 unspecified atom stereocenters. The zero-order valence-electron chi connectivity index (χ0n) is 14.0. The molecule has 0 saturated heterocycles. The van der Waals surface area contributed by atoms with Gasteiger partial charge in [-0.25, -0.2) is 13.2 Å². The molecular formula is C19H15F3N2O2. The molecule has 2 aromatic carbocycles. The summed E-state index contributed by atoms with van der Waals surface area (Å²) in [4.78, 5) is 26.9. The SMILES string of the molecule is Cc1cc2cc(CNC(=O)c3ccc(F)c(F)c3F)c(=O)[nH]c2cc1C. The first kappa shape index (κ1) is 17.7. The summed E-state index contributed by atoms with van der Waals surface area (Å²) in [6.07, 6.45) is 0. The van der Waals surface area contributed by atoms with E-state index in [1.54, 1.807) is 6.07 Å². The Kier molecular flexibility index (Phi) is 4.54. The van der Waals surface area contributed by atoms with E-state index in [4.69, 9.17) is 0 Å². The highest BCUT2D eigenvalue weighted by molar-refractivity contribution is 5.94. The highest BCUT2D eigenvalue weighted by Gasteiger charge is 2.18. The summed E-state index contributed by atoms with van der Waals surface area (Å²) in [5.41, 5.74) is 1.97. The van der Waals surface area contributed by atoms with E-state index in [-0.39, 0.29) is 12.1 Å². The maximum Gasteiger partial charge on any atom is 0.254 e. The van der Waals surface area contributed by atoms with Gasteiger partial charge in [0.25, 0.3) is 11.5 Å². The van der Waals surface area contributed by atoms with Gasteiger partial charge in [-0.1, -0.05) is 0 Å². The lowest BCUT2D eigenvalue weighted by atomic mass is 10.0. The third-order valence-electron chi connectivity index (χ3n) is 4.25. The van der Waals surface area contributed by atoms with Gasteiger partial charge in [-0.3, -0.25) is 9.59 Å². The number of amides is 1. The second kappa shape index (κ2) is 6.67. The largest absolute Gasteiger partial charge is 0.348 e. The van der Waals surface area contributed by atoms with Gasteiger partial charge in [-0.15, -0.1) is 0 Å². The molecule has 0 fully saturated rings. The van der Waals surface area contributed by atoms with Crippen molar-refractivity contribution >= 4 is 16.8 Å². The van der Waals surface area contributed by atoms with Crippen molar-refractivity contribution in [3.63, 3.8) is 0 Å². The Morgan fingerprint density at radius 3 is 2.46 bits per heavy atom. The Morgan fingerprint density at radius 1 is 1.04 bits per heavy atom. The normalized spacial score (nSPS) is 11.0. The minimum atomic E-state index is -1.72. The monoisotopic (exact) mass is 360 g/mol. The van der Waals surface area contributed by atoms with Gasteiger partial charge < -0.3 is 10.3 Å². The van der Waals surface area contributed by atoms with Crippen LogP contribution in [0, 0.1) is 31.3 Å². The standard InChI is InChI=1S/C19H15F3N2O2/c1-9-5-11-7-12(18(25)24-15(11)6-10(9)2)8-23-19(26)13-3-4-14(20)17(22)16(13)21/h3-7H,8H2,1-2H3,(H,23,26)(H,24,25). The van der Waals surface area contributed by atoms with Crippen LogP contribution in [0.15, 0.2) is 35.1 Å². The highest BCUT2D eigenvalue weighted by atomic mass is 19.2. The molecule has 0 aliphatic carbocycles. The number of hydrogen-bond donors (Lipinski definition) is 2. The van der Waals surface area contributed by atoms with Crippen LogP contribution in [-0.2, 0) is 6.54 Å². The molecule has 1 amide bonds. The fourth-order valence-electron chi connectivity index (χ4n) is 2.63. The van der Waals surface area contributed by atoms with Crippen molar-refractivity contribution in [3.8, 4) is 0 Å². The van der Waals surface area contributed by atoms with Gasteiger partial charge in [-0.05, 0) is 60.7 Å². The van der Waals surface area contributed by atoms with Gasteiger partial charge in [0.2, 0.25) is 0 Å². The van der Waals surface area contributed by atoms with Crippen LogP contribution in [0.2, 0.25) is 0 Å². The molecule has 26 heavy (non-hydrogen) atoms. The number of aromatic nitrogens is 1. The van der Waals surface area contributed by atoms with Crippen LogP contribution < -0.4 is 10.9 Å². The number of aromatic amines is 1. The van der Waals surface area contributed by atoms with E-state index < -0.39 is 34.5 Å². The molecule has 1 aromatic heterocycles. The summed E-state index contributed by atoms with van der Waals surface area (Å²) in [6, 6.07) is 6.90. The number of carbonyl (C=O) groups excluding carboxylic acids is 1. The molecule has 7 heteroatoms. The van der Waals surface area contributed by atoms with E-state index >= 15 is 0 Å². The van der Waals surface area contributed by atoms with Gasteiger partial charge in [-0.2, -0.15) is 0 Å². The summed E-state index contributed by atoms with van der Waals surface area (Å²) >= 11 is 0. The van der Waals surface area contributed by atoms with Crippen LogP contribution in [0.3, 0.4) is 0 Å². The predicted octanol–water partition coefficient (Wildman–Crippen LogP) is 3.49. The van der Waals surface area contributed by atoms with Crippen LogP contribution in [-0.4, -0.2) is 10.9 Å². The smallest absolute Gasteiger partial charge is 0.254 e. The third-order valence-corrected chi connectivity index (χ3v) is 4.25. The number of halogens is 3. The van der Waals surface area contributed by atoms with Crippen molar-refractivity contribution in [2.24, 2.45) is 0 Å². The molecule has 3 rings (SSSR count). The minimum absolute atomic E-state index is 0.185. The van der Waals surface area contributed by atoms with E-state index in [0.717, 1.165) is 22.6 Å². The topological polar surface area (TPSA) is 62.0 Å². The first-order valence-electron chi connectivity index (χ1n) is 7.83. The number of carbonyl (C=O) groups is 1. The highest BCUT2D eigenvalue weighted by Crippen LogP contribution is 2.18. The minimum Gasteiger partial charge on any atom is -0.348 e. The number of benzene rings is 2. The van der Waals surface area contributed by atoms with Crippen LogP contribution in [0.5, 0.6) is 0 Å². The molecular weight excluding hydrogens is 345 g/mol. The third kappa shape index (κ3) is 3.20. The summed E-state index contributed by atoms with van der Waals surface area (Å²) in [6.45, 7) is 3.68. The molecule has 1 heterocycles. The molecule has 0 radical (unpaired) electrons. The van der Waals surface area contributed by atoms with Crippen molar-refractivity contribution < 1.29 is 18.0 Å². The first-order valence-corrected chi connectivity index (χ1v) is 7.83. The Labute approximate surface area is 146 Å². The van der Waals surface area contributed by atoms with Crippen molar-refractivity contribution in [2.75, 3.05) is 0 Å². The van der Waals surface area contributed by atoms with Gasteiger partial charge >= 0.3 is 0 Å². The lowest BCUT2D eigenvalue weighted by molar-refractivity contribution is 0.0945. The zero-order chi connectivity index (χ0) is 19.0. The number of nitrogens with one attached hydrogen (secondary N) is 2. The van der Waals surface area contributed by atoms with Crippen LogP contribution >= 0.6 is 0 Å². The molecule has 0 atom stereocenters. The molecule has 0 spiro atoms. The quantitative estimate of drug-likeness (QED) is 0.703. The van der Waals surface area contributed by atoms with E-state index in [9.17, 15) is 22.8 Å². The van der Waals surface area contributed by atoms with Gasteiger partial charge in [0.05, 0.1) is 5.56 Å². The van der Waals surface area contributed by atoms with Gasteiger partial charge in [0, 0.05) is 17.6 Å². The first-order chi connectivity index (χ1) is 12.3. The second-order valence-corrected chi connectivity index (χ2v) is 6.05. The number of pyridine rings is 1. The number of H-pyrrole nitrogens is 1. The van der Waals surface area contributed by atoms with E-state index in [2.05, 4.69) is 10.3 Å². The van der Waals surface area contributed by atoms with Crippen molar-refractivity contribution in [2.45, 2.75) is 20.4 Å². The lowest BCUT2D eigenvalue weighted by Crippen LogP contribution is -2.27. The fourth-order valence-corrected chi connectivity index (χ4v) is 2.63. The number of rotatable bonds is 3. The molecule has 0 bridgehead atoms. The maximum atomic E-state index is 13.7. The number of hydrogen-bond acceptors (Lipinski definition) is 2. The Hall–Kier alpha value is -3.09. The van der Waals surface area contributed by atoms with Gasteiger partial charge in [0.1, 0.15) is 0 Å². The van der Waals surface area contributed by atoms with E-state index in [0.29, 0.717) is 11.6 Å². The average molecular weight is 360 g/mol. The number of aryl methyl sites for hydroxylation is 2. The molecule has 134 valence electrons. The summed E-state index contributed by atoms with van der Waals surface area (Å²) in [7, 11) is 0. The molecule has 4 nitrogen and oxygen atoms in total. The molecule has 3 aromatic rings. The van der Waals surface area contributed by atoms with Crippen LogP contribution in [0.4, 0.5) is 13.2 Å². The Bertz CT molecular complexity index is 1090. The van der Waals surface area contributed by atoms with Gasteiger partial charge in [0.15, 0.2) is 17.5 Å². The van der Waals surface area contributed by atoms with Crippen molar-refractivity contribution in [3.05, 3.63) is 80.4 Å². The Balaban J connectivity index is 1.87. The van der Waals surface area contributed by atoms with E-state index in [1.807, 2.05) is 26.0 Å². The molecule has 2 N–H and O–H groups in total. The molecule has 0 aliphatic rings. The molecule has 0 aliphatic heterocycles. The Morgan fingerprint density at radius 2 is 1.73 bits per heavy atom. The maximum absolute atomic E-state index is 13.7. The van der Waals surface area contributed by atoms with Crippen LogP contribution in [0.25, 0.3) is 10.9 Å². The average Bonchev–Trinajstić information content (AvgIpc) is 2.59. The fraction of sp³-hybridized carbons (Fsp3) is 0.158. The zero-order valence-corrected chi connectivity index (χ0v) is 14.0. The lowest BCUT2D eigenvalue weighted by Gasteiger charge is -2.09. The number of fused-ring (bicyclic) bond motifs is 1. The van der Waals surface area contributed by atoms with Crippen molar-refractivity contribution in [1.82, 2.24) is 10.3 Å². The van der Waals surface area contributed by atoms with Crippen LogP contribution in [0.1, 0.15) is 27.0 Å². The second-order valence-electron chi connectivity index (χ2n) is 6.05. The summed E-state index contributed by atoms with van der Waals surface area (Å²) in [5, 5.41) is 3.13. The summed E-state index contributed by atoms with van der Waals surface area (Å²) < 4.78 is 39.8.